The van der Waals surface area contributed by atoms with E-state index in [1.165, 1.54) is 36.8 Å². The smallest absolute Gasteiger partial charge is 0.303 e. The van der Waals surface area contributed by atoms with Gasteiger partial charge in [0.15, 0.2) is 11.5 Å². The van der Waals surface area contributed by atoms with Crippen LogP contribution < -0.4 is 9.47 Å². The molecule has 1 saturated carbocycles. The summed E-state index contributed by atoms with van der Waals surface area (Å²) in [6.07, 6.45) is 5.90. The molecule has 1 aromatic carbocycles. The minimum absolute atomic E-state index is 0.195. The van der Waals surface area contributed by atoms with Crippen molar-refractivity contribution in [2.45, 2.75) is 56.9 Å². The Balaban J connectivity index is 1.68. The van der Waals surface area contributed by atoms with Gasteiger partial charge in [-0.2, -0.15) is 0 Å². The lowest BCUT2D eigenvalue weighted by molar-refractivity contribution is -0.137. The molecule has 5 heteroatoms. The van der Waals surface area contributed by atoms with Gasteiger partial charge in [0, 0.05) is 24.4 Å². The Hall–Kier alpha value is -1.75. The van der Waals surface area contributed by atoms with E-state index < -0.39 is 5.97 Å². The average Bonchev–Trinajstić information content (AvgIpc) is 3.07. The van der Waals surface area contributed by atoms with Crippen LogP contribution in [0.2, 0.25) is 0 Å². The molecule has 5 nitrogen and oxygen atoms in total. The fraction of sp³-hybridized carbons (Fsp3) is 0.650. The highest BCUT2D eigenvalue weighted by atomic mass is 16.6. The Morgan fingerprint density at radius 2 is 1.92 bits per heavy atom. The van der Waals surface area contributed by atoms with Gasteiger partial charge in [0.25, 0.3) is 0 Å². The number of carbonyl (C=O) groups is 1. The standard InChI is InChI=1S/C20H27NO4/c1-14-15-11-17-18(25-10-9-24-17)12-16(15)20(6-2-3-7-20)13-21(14)8-4-5-19(22)23/h11-12,14H,2-10,13H2,1H3,(H,22,23). The number of rotatable bonds is 4. The molecule has 0 amide bonds. The molecule has 1 spiro atoms. The average molecular weight is 345 g/mol. The lowest BCUT2D eigenvalue weighted by Gasteiger charge is -2.46. The monoisotopic (exact) mass is 345 g/mol. The molecule has 4 rings (SSSR count). The van der Waals surface area contributed by atoms with Gasteiger partial charge in [0.05, 0.1) is 0 Å². The molecule has 1 aliphatic carbocycles. The maximum absolute atomic E-state index is 10.9. The third-order valence-corrected chi connectivity index (χ3v) is 6.19. The Kier molecular flexibility index (Phi) is 4.36. The van der Waals surface area contributed by atoms with Crippen molar-refractivity contribution in [2.75, 3.05) is 26.3 Å². The van der Waals surface area contributed by atoms with Crippen LogP contribution in [0.5, 0.6) is 11.5 Å². The summed E-state index contributed by atoms with van der Waals surface area (Å²) >= 11 is 0. The first-order chi connectivity index (χ1) is 12.1. The highest BCUT2D eigenvalue weighted by molar-refractivity contribution is 5.66. The summed E-state index contributed by atoms with van der Waals surface area (Å²) in [6, 6.07) is 4.70. The summed E-state index contributed by atoms with van der Waals surface area (Å²) in [4.78, 5) is 13.4. The van der Waals surface area contributed by atoms with Crippen molar-refractivity contribution in [1.82, 2.24) is 4.90 Å². The van der Waals surface area contributed by atoms with E-state index in [9.17, 15) is 4.79 Å². The molecular weight excluding hydrogens is 318 g/mol. The van der Waals surface area contributed by atoms with Gasteiger partial charge in [-0.15, -0.1) is 0 Å². The zero-order valence-corrected chi connectivity index (χ0v) is 14.9. The third kappa shape index (κ3) is 2.99. The zero-order chi connectivity index (χ0) is 17.4. The van der Waals surface area contributed by atoms with Crippen molar-refractivity contribution in [3.8, 4) is 11.5 Å². The molecule has 0 bridgehead atoms. The topological polar surface area (TPSA) is 59.0 Å². The first kappa shape index (κ1) is 16.7. The Morgan fingerprint density at radius 1 is 1.24 bits per heavy atom. The zero-order valence-electron chi connectivity index (χ0n) is 14.9. The predicted octanol–water partition coefficient (Wildman–Crippen LogP) is 3.51. The molecule has 3 aliphatic rings. The molecule has 1 aromatic rings. The van der Waals surface area contributed by atoms with E-state index in [2.05, 4.69) is 24.0 Å². The van der Waals surface area contributed by atoms with E-state index in [1.807, 2.05) is 0 Å². The van der Waals surface area contributed by atoms with E-state index in [4.69, 9.17) is 14.6 Å². The molecule has 0 radical (unpaired) electrons. The Labute approximate surface area is 148 Å². The second-order valence-electron chi connectivity index (χ2n) is 7.71. The maximum Gasteiger partial charge on any atom is 0.303 e. The van der Waals surface area contributed by atoms with Gasteiger partial charge in [-0.1, -0.05) is 12.8 Å². The largest absolute Gasteiger partial charge is 0.486 e. The highest BCUT2D eigenvalue weighted by Crippen LogP contribution is 2.51. The molecule has 1 unspecified atom stereocenters. The molecular formula is C20H27NO4. The van der Waals surface area contributed by atoms with Crippen molar-refractivity contribution in [2.24, 2.45) is 0 Å². The lowest BCUT2D eigenvalue weighted by Crippen LogP contribution is -2.46. The van der Waals surface area contributed by atoms with Crippen molar-refractivity contribution in [3.05, 3.63) is 23.3 Å². The summed E-state index contributed by atoms with van der Waals surface area (Å²) < 4.78 is 11.7. The number of ether oxygens (including phenoxy) is 2. The van der Waals surface area contributed by atoms with Crippen LogP contribution >= 0.6 is 0 Å². The summed E-state index contributed by atoms with van der Waals surface area (Å²) in [5, 5.41) is 8.96. The van der Waals surface area contributed by atoms with Gasteiger partial charge in [-0.25, -0.2) is 0 Å². The SMILES string of the molecule is CC1c2cc3c(cc2C2(CCCC2)CN1CCCC(=O)O)OCCO3. The second kappa shape index (κ2) is 6.52. The van der Waals surface area contributed by atoms with E-state index in [0.29, 0.717) is 19.6 Å². The predicted molar refractivity (Wildman–Crippen MR) is 94.4 cm³/mol. The molecule has 136 valence electrons. The van der Waals surface area contributed by atoms with Crippen LogP contribution in [-0.2, 0) is 10.2 Å². The van der Waals surface area contributed by atoms with Gasteiger partial charge >= 0.3 is 5.97 Å². The fourth-order valence-electron chi connectivity index (χ4n) is 4.90. The molecule has 2 heterocycles. The van der Waals surface area contributed by atoms with Crippen LogP contribution in [0, 0.1) is 0 Å². The van der Waals surface area contributed by atoms with Crippen molar-refractivity contribution < 1.29 is 19.4 Å². The Morgan fingerprint density at radius 3 is 2.60 bits per heavy atom. The lowest BCUT2D eigenvalue weighted by atomic mass is 9.71. The normalized spacial score (nSPS) is 24.3. The van der Waals surface area contributed by atoms with Gasteiger partial charge in [-0.3, -0.25) is 9.69 Å². The molecule has 0 saturated heterocycles. The summed E-state index contributed by atoms with van der Waals surface area (Å²) in [6.45, 7) is 5.32. The number of hydrogen-bond donors (Lipinski definition) is 1. The van der Waals surface area contributed by atoms with Crippen LogP contribution in [0.3, 0.4) is 0 Å². The van der Waals surface area contributed by atoms with Crippen molar-refractivity contribution in [3.63, 3.8) is 0 Å². The Bertz CT molecular complexity index is 666. The molecule has 1 fully saturated rings. The van der Waals surface area contributed by atoms with Gasteiger partial charge in [0.1, 0.15) is 13.2 Å². The molecule has 25 heavy (non-hydrogen) atoms. The maximum atomic E-state index is 10.9. The first-order valence-electron chi connectivity index (χ1n) is 9.49. The number of hydrogen-bond acceptors (Lipinski definition) is 4. The van der Waals surface area contributed by atoms with Gasteiger partial charge in [0.2, 0.25) is 0 Å². The number of nitrogens with zero attached hydrogens (tertiary/aromatic N) is 1. The third-order valence-electron chi connectivity index (χ3n) is 6.19. The van der Waals surface area contributed by atoms with Crippen LogP contribution in [0.25, 0.3) is 0 Å². The van der Waals surface area contributed by atoms with E-state index in [-0.39, 0.29) is 17.9 Å². The molecule has 0 aromatic heterocycles. The van der Waals surface area contributed by atoms with E-state index >= 15 is 0 Å². The highest BCUT2D eigenvalue weighted by Gasteiger charge is 2.44. The van der Waals surface area contributed by atoms with Gasteiger partial charge in [-0.05, 0) is 56.0 Å². The molecule has 1 N–H and O–H groups in total. The number of carboxylic acid groups (broad SMARTS) is 1. The summed E-state index contributed by atoms with van der Waals surface area (Å²) in [5.74, 6) is 1.04. The number of carboxylic acids is 1. The van der Waals surface area contributed by atoms with Crippen LogP contribution in [0.15, 0.2) is 12.1 Å². The number of benzene rings is 1. The summed E-state index contributed by atoms with van der Waals surface area (Å²) in [5.41, 5.74) is 2.98. The summed E-state index contributed by atoms with van der Waals surface area (Å²) in [7, 11) is 0. The molecule has 2 aliphatic heterocycles. The first-order valence-corrected chi connectivity index (χ1v) is 9.49. The number of fused-ring (bicyclic) bond motifs is 3. The van der Waals surface area contributed by atoms with Crippen molar-refractivity contribution >= 4 is 5.97 Å². The van der Waals surface area contributed by atoms with Crippen LogP contribution in [-0.4, -0.2) is 42.3 Å². The van der Waals surface area contributed by atoms with Gasteiger partial charge < -0.3 is 14.6 Å². The van der Waals surface area contributed by atoms with Crippen molar-refractivity contribution in [1.29, 1.82) is 0 Å². The minimum atomic E-state index is -0.708. The van der Waals surface area contributed by atoms with E-state index in [0.717, 1.165) is 24.6 Å². The van der Waals surface area contributed by atoms with E-state index in [1.54, 1.807) is 0 Å². The molecule has 1 atom stereocenters. The fourth-order valence-corrected chi connectivity index (χ4v) is 4.90. The quantitative estimate of drug-likeness (QED) is 0.905. The minimum Gasteiger partial charge on any atom is -0.486 e. The van der Waals surface area contributed by atoms with Crippen LogP contribution in [0.4, 0.5) is 0 Å². The number of aliphatic carboxylic acids is 1. The van der Waals surface area contributed by atoms with Crippen LogP contribution in [0.1, 0.15) is 62.6 Å². The second-order valence-corrected chi connectivity index (χ2v) is 7.71.